The molecule has 10 heteroatoms. The molecule has 30 heavy (non-hydrogen) atoms. The van der Waals surface area contributed by atoms with Crippen LogP contribution < -0.4 is 15.5 Å². The van der Waals surface area contributed by atoms with Gasteiger partial charge in [0, 0.05) is 48.4 Å². The summed E-state index contributed by atoms with van der Waals surface area (Å²) in [6.45, 7) is 3.70. The minimum atomic E-state index is -0.487. The molecule has 0 atom stereocenters. The highest BCUT2D eigenvalue weighted by molar-refractivity contribution is 6.36. The first kappa shape index (κ1) is 19.5. The summed E-state index contributed by atoms with van der Waals surface area (Å²) in [6, 6.07) is 4.75. The number of benzene rings is 1. The largest absolute Gasteiger partial charge is 0.367 e. The fraction of sp³-hybridized carbons (Fsp3) is 0.350. The Morgan fingerprint density at radius 2 is 2.13 bits per heavy atom. The van der Waals surface area contributed by atoms with Gasteiger partial charge in [-0.15, -0.1) is 0 Å². The SMILES string of the molecule is Fc1ccc(Cl)c(CN2CCNc3ncc(-c4noc(CC5CNC5)n4)cc32)c1Cl. The van der Waals surface area contributed by atoms with E-state index in [9.17, 15) is 4.39 Å². The fourth-order valence-corrected chi connectivity index (χ4v) is 4.14. The molecule has 0 radical (unpaired) electrons. The van der Waals surface area contributed by atoms with Crippen LogP contribution in [0.2, 0.25) is 10.0 Å². The standard InChI is InChI=1S/C20H19Cl2FN6O/c21-14-1-2-15(23)18(22)13(14)10-29-4-3-25-20-16(29)6-12(9-26-20)19-27-17(30-28-19)5-11-7-24-8-11/h1-2,6,9,11,24H,3-5,7-8,10H2,(H,25,26). The van der Waals surface area contributed by atoms with Gasteiger partial charge in [0.25, 0.3) is 0 Å². The molecule has 0 aliphatic carbocycles. The minimum Gasteiger partial charge on any atom is -0.367 e. The third kappa shape index (κ3) is 3.71. The summed E-state index contributed by atoms with van der Waals surface area (Å²) in [6.07, 6.45) is 2.49. The molecule has 2 aliphatic rings. The van der Waals surface area contributed by atoms with Gasteiger partial charge in [-0.3, -0.25) is 0 Å². The molecule has 0 unspecified atom stereocenters. The zero-order chi connectivity index (χ0) is 20.7. The van der Waals surface area contributed by atoms with Crippen molar-refractivity contribution in [3.8, 4) is 11.4 Å². The van der Waals surface area contributed by atoms with E-state index in [-0.39, 0.29) is 5.02 Å². The molecule has 1 fully saturated rings. The van der Waals surface area contributed by atoms with Gasteiger partial charge in [-0.2, -0.15) is 4.98 Å². The predicted molar refractivity (Wildman–Crippen MR) is 114 cm³/mol. The number of anilines is 2. The smallest absolute Gasteiger partial charge is 0.227 e. The van der Waals surface area contributed by atoms with Gasteiger partial charge in [0.2, 0.25) is 11.7 Å². The molecular weight excluding hydrogens is 430 g/mol. The molecule has 0 saturated carbocycles. The Balaban J connectivity index is 1.43. The Labute approximate surface area is 182 Å². The molecule has 5 rings (SSSR count). The topological polar surface area (TPSA) is 79.1 Å². The van der Waals surface area contributed by atoms with E-state index in [0.29, 0.717) is 47.9 Å². The molecule has 7 nitrogen and oxygen atoms in total. The lowest BCUT2D eigenvalue weighted by Crippen LogP contribution is -2.43. The van der Waals surface area contributed by atoms with Crippen molar-refractivity contribution in [1.29, 1.82) is 0 Å². The number of nitrogens with zero attached hydrogens (tertiary/aromatic N) is 4. The monoisotopic (exact) mass is 448 g/mol. The normalized spacial score (nSPS) is 16.2. The number of pyridine rings is 1. The molecule has 3 aromatic rings. The Kier molecular flexibility index (Phi) is 5.22. The number of hydrogen-bond acceptors (Lipinski definition) is 7. The van der Waals surface area contributed by atoms with E-state index in [2.05, 4.69) is 30.7 Å². The Hall–Kier alpha value is -2.42. The van der Waals surface area contributed by atoms with Crippen LogP contribution in [0.3, 0.4) is 0 Å². The van der Waals surface area contributed by atoms with Gasteiger partial charge in [-0.25, -0.2) is 9.37 Å². The number of rotatable bonds is 5. The van der Waals surface area contributed by atoms with Crippen LogP contribution in [-0.4, -0.2) is 41.3 Å². The first-order valence-corrected chi connectivity index (χ1v) is 10.5. The van der Waals surface area contributed by atoms with Gasteiger partial charge in [0.05, 0.1) is 10.7 Å². The lowest BCUT2D eigenvalue weighted by molar-refractivity contribution is 0.296. The van der Waals surface area contributed by atoms with Gasteiger partial charge < -0.3 is 20.1 Å². The Morgan fingerprint density at radius 1 is 1.27 bits per heavy atom. The number of nitrogens with one attached hydrogen (secondary N) is 2. The highest BCUT2D eigenvalue weighted by atomic mass is 35.5. The minimum absolute atomic E-state index is 0.0417. The molecule has 1 aromatic carbocycles. The molecule has 2 aromatic heterocycles. The second-order valence-electron chi connectivity index (χ2n) is 7.50. The van der Waals surface area contributed by atoms with Crippen LogP contribution in [0.25, 0.3) is 11.4 Å². The number of aromatic nitrogens is 3. The maximum absolute atomic E-state index is 14.0. The number of halogens is 3. The van der Waals surface area contributed by atoms with Crippen LogP contribution in [-0.2, 0) is 13.0 Å². The first-order valence-electron chi connectivity index (χ1n) is 9.73. The molecule has 0 spiro atoms. The highest BCUT2D eigenvalue weighted by Crippen LogP contribution is 2.35. The average molecular weight is 449 g/mol. The quantitative estimate of drug-likeness (QED) is 0.574. The van der Waals surface area contributed by atoms with Crippen LogP contribution in [0, 0.1) is 11.7 Å². The summed E-state index contributed by atoms with van der Waals surface area (Å²) < 4.78 is 19.4. The molecule has 156 valence electrons. The summed E-state index contributed by atoms with van der Waals surface area (Å²) in [5, 5.41) is 11.1. The van der Waals surface area contributed by atoms with Crippen LogP contribution in [0.5, 0.6) is 0 Å². The molecule has 1 saturated heterocycles. The zero-order valence-electron chi connectivity index (χ0n) is 16.0. The summed E-state index contributed by atoms with van der Waals surface area (Å²) >= 11 is 12.5. The van der Waals surface area contributed by atoms with E-state index < -0.39 is 5.82 Å². The van der Waals surface area contributed by atoms with Crippen molar-refractivity contribution in [1.82, 2.24) is 20.4 Å². The van der Waals surface area contributed by atoms with E-state index >= 15 is 0 Å². The second kappa shape index (κ2) is 8.02. The van der Waals surface area contributed by atoms with Crippen molar-refractivity contribution in [2.45, 2.75) is 13.0 Å². The van der Waals surface area contributed by atoms with Crippen molar-refractivity contribution in [2.75, 3.05) is 36.4 Å². The average Bonchev–Trinajstić information content (AvgIpc) is 3.19. The van der Waals surface area contributed by atoms with Crippen LogP contribution >= 0.6 is 23.2 Å². The summed E-state index contributed by atoms with van der Waals surface area (Å²) in [5.74, 6) is 1.92. The van der Waals surface area contributed by atoms with Crippen LogP contribution in [0.4, 0.5) is 15.9 Å². The van der Waals surface area contributed by atoms with Crippen molar-refractivity contribution in [3.63, 3.8) is 0 Å². The Bertz CT molecular complexity index is 1090. The molecule has 4 heterocycles. The van der Waals surface area contributed by atoms with E-state index in [1.165, 1.54) is 12.1 Å². The van der Waals surface area contributed by atoms with Crippen molar-refractivity contribution in [3.05, 3.63) is 51.7 Å². The fourth-order valence-electron chi connectivity index (χ4n) is 3.65. The zero-order valence-corrected chi connectivity index (χ0v) is 17.5. The van der Waals surface area contributed by atoms with Crippen molar-refractivity contribution in [2.24, 2.45) is 5.92 Å². The van der Waals surface area contributed by atoms with E-state index in [4.69, 9.17) is 27.7 Å². The second-order valence-corrected chi connectivity index (χ2v) is 8.29. The first-order chi connectivity index (χ1) is 14.6. The number of fused-ring (bicyclic) bond motifs is 1. The van der Waals surface area contributed by atoms with Gasteiger partial charge >= 0.3 is 0 Å². The molecule has 0 amide bonds. The molecule has 2 aliphatic heterocycles. The van der Waals surface area contributed by atoms with E-state index in [1.54, 1.807) is 6.20 Å². The van der Waals surface area contributed by atoms with Gasteiger partial charge in [-0.05, 0) is 37.2 Å². The van der Waals surface area contributed by atoms with Crippen molar-refractivity contribution >= 4 is 34.7 Å². The van der Waals surface area contributed by atoms with Gasteiger partial charge in [0.15, 0.2) is 0 Å². The maximum atomic E-state index is 14.0. The lowest BCUT2D eigenvalue weighted by atomic mass is 10.00. The third-order valence-corrected chi connectivity index (χ3v) is 6.19. The highest BCUT2D eigenvalue weighted by Gasteiger charge is 2.24. The van der Waals surface area contributed by atoms with Gasteiger partial charge in [0.1, 0.15) is 11.6 Å². The van der Waals surface area contributed by atoms with Crippen LogP contribution in [0.1, 0.15) is 11.5 Å². The van der Waals surface area contributed by atoms with E-state index in [1.807, 2.05) is 6.07 Å². The predicted octanol–water partition coefficient (Wildman–Crippen LogP) is 3.77. The third-order valence-electron chi connectivity index (χ3n) is 5.43. The molecular formula is C20H19Cl2FN6O. The summed E-state index contributed by atoms with van der Waals surface area (Å²) in [4.78, 5) is 11.1. The van der Waals surface area contributed by atoms with Gasteiger partial charge in [-0.1, -0.05) is 28.4 Å². The number of hydrogen-bond donors (Lipinski definition) is 2. The summed E-state index contributed by atoms with van der Waals surface area (Å²) in [5.41, 5.74) is 2.15. The maximum Gasteiger partial charge on any atom is 0.227 e. The lowest BCUT2D eigenvalue weighted by Gasteiger charge is -2.32. The van der Waals surface area contributed by atoms with Crippen LogP contribution in [0.15, 0.2) is 28.9 Å². The van der Waals surface area contributed by atoms with E-state index in [0.717, 1.165) is 36.6 Å². The van der Waals surface area contributed by atoms with Crippen molar-refractivity contribution < 1.29 is 8.91 Å². The Morgan fingerprint density at radius 3 is 2.93 bits per heavy atom. The summed E-state index contributed by atoms with van der Waals surface area (Å²) in [7, 11) is 0. The molecule has 0 bridgehead atoms. The molecule has 2 N–H and O–H groups in total.